The lowest BCUT2D eigenvalue weighted by Crippen LogP contribution is -2.57. The Morgan fingerprint density at radius 3 is 2.39 bits per heavy atom. The summed E-state index contributed by atoms with van der Waals surface area (Å²) in [5.41, 5.74) is 1.74. The van der Waals surface area contributed by atoms with Crippen LogP contribution in [-0.4, -0.2) is 84.2 Å². The molecule has 5 heterocycles. The average Bonchev–Trinajstić information content (AvgIpc) is 3.35. The third-order valence-corrected chi connectivity index (χ3v) is 9.64. The van der Waals surface area contributed by atoms with E-state index < -0.39 is 13.7 Å². The van der Waals surface area contributed by atoms with Crippen LogP contribution in [0.25, 0.3) is 11.0 Å². The molecule has 9 nitrogen and oxygen atoms in total. The number of nitrogens with zero attached hydrogens (tertiary/aromatic N) is 5. The second-order valence-corrected chi connectivity index (χ2v) is 19.0. The van der Waals surface area contributed by atoms with Crippen LogP contribution in [0.2, 0.25) is 25.7 Å². The van der Waals surface area contributed by atoms with Gasteiger partial charge in [0.15, 0.2) is 0 Å². The molecule has 2 aromatic rings. The predicted octanol–water partition coefficient (Wildman–Crippen LogP) is 5.23. The number of carbonyl (C=O) groups excluding carboxylic acids is 1. The topological polar surface area (TPSA) is 82.0 Å². The van der Waals surface area contributed by atoms with E-state index in [0.29, 0.717) is 12.6 Å². The lowest BCUT2D eigenvalue weighted by Gasteiger charge is -2.42. The summed E-state index contributed by atoms with van der Waals surface area (Å²) in [5.74, 6) is 1.40. The number of amides is 1. The number of rotatable bonds is 7. The first-order valence-electron chi connectivity index (χ1n) is 14.3. The molecule has 10 heteroatoms. The first-order chi connectivity index (χ1) is 18.0. The van der Waals surface area contributed by atoms with Crippen LogP contribution in [-0.2, 0) is 20.9 Å². The van der Waals surface area contributed by atoms with Crippen LogP contribution in [0.5, 0.6) is 0 Å². The highest BCUT2D eigenvalue weighted by atomic mass is 28.3. The minimum absolute atomic E-state index is 0.132. The van der Waals surface area contributed by atoms with E-state index in [4.69, 9.17) is 24.2 Å². The van der Waals surface area contributed by atoms with Gasteiger partial charge < -0.3 is 23.7 Å². The number of anilines is 1. The smallest absolute Gasteiger partial charge is 0.410 e. The molecule has 0 spiro atoms. The van der Waals surface area contributed by atoms with E-state index in [-0.39, 0.29) is 18.2 Å². The van der Waals surface area contributed by atoms with E-state index in [2.05, 4.69) is 35.3 Å². The fourth-order valence-corrected chi connectivity index (χ4v) is 6.78. The molecule has 2 aromatic heterocycles. The molecule has 5 rings (SSSR count). The largest absolute Gasteiger partial charge is 0.444 e. The lowest BCUT2D eigenvalue weighted by molar-refractivity contribution is 0.0123. The van der Waals surface area contributed by atoms with Gasteiger partial charge in [-0.2, -0.15) is 0 Å². The van der Waals surface area contributed by atoms with E-state index in [1.807, 2.05) is 25.7 Å². The van der Waals surface area contributed by atoms with Crippen molar-refractivity contribution in [2.75, 3.05) is 37.8 Å². The summed E-state index contributed by atoms with van der Waals surface area (Å²) in [6, 6.07) is 1.41. The molecule has 0 saturated carbocycles. The Morgan fingerprint density at radius 2 is 1.76 bits per heavy atom. The summed E-state index contributed by atoms with van der Waals surface area (Å²) < 4.78 is 19.8. The summed E-state index contributed by atoms with van der Waals surface area (Å²) in [6.45, 7) is 17.3. The second kappa shape index (κ2) is 10.8. The fraction of sp³-hybridized carbons (Fsp3) is 0.750. The number of carbonyl (C=O) groups is 1. The van der Waals surface area contributed by atoms with Crippen LogP contribution in [0.4, 0.5) is 10.6 Å². The SMILES string of the molecule is CC(C)(C)OC(=O)N1C2CCC1CN(c1ncnc3c1c(C1CCOCC1)cn3COCC[Si](C)(C)C)C2. The number of fused-ring (bicyclic) bond motifs is 3. The van der Waals surface area contributed by atoms with Gasteiger partial charge in [0, 0.05) is 47.2 Å². The van der Waals surface area contributed by atoms with Gasteiger partial charge in [0.05, 0.1) is 17.5 Å². The highest BCUT2D eigenvalue weighted by Gasteiger charge is 2.45. The zero-order chi connectivity index (χ0) is 27.1. The molecule has 3 saturated heterocycles. The minimum Gasteiger partial charge on any atom is -0.444 e. The van der Waals surface area contributed by atoms with Crippen molar-refractivity contribution in [3.63, 3.8) is 0 Å². The number of ether oxygens (including phenoxy) is 3. The van der Waals surface area contributed by atoms with Crippen molar-refractivity contribution >= 4 is 31.0 Å². The molecule has 2 unspecified atom stereocenters. The highest BCUT2D eigenvalue weighted by Crippen LogP contribution is 2.40. The maximum absolute atomic E-state index is 13.0. The standard InChI is InChI=1S/C28H45N5O4Si/c1-28(2,3)37-27(34)33-21-7-8-22(33)16-31(15-21)25-24-23(20-9-11-35-12-10-20)17-32(26(24)30-18-29-25)19-36-13-14-38(4,5)6/h17-18,20-22H,7-16,19H2,1-6H3. The van der Waals surface area contributed by atoms with Crippen molar-refractivity contribution in [3.05, 3.63) is 18.1 Å². The van der Waals surface area contributed by atoms with Crippen molar-refractivity contribution in [2.45, 2.75) is 102 Å². The minimum atomic E-state index is -1.15. The van der Waals surface area contributed by atoms with Crippen LogP contribution < -0.4 is 4.90 Å². The van der Waals surface area contributed by atoms with E-state index in [0.717, 1.165) is 81.5 Å². The lowest BCUT2D eigenvalue weighted by atomic mass is 9.92. The van der Waals surface area contributed by atoms with Crippen LogP contribution in [0.1, 0.15) is 57.9 Å². The van der Waals surface area contributed by atoms with Gasteiger partial charge in [-0.3, -0.25) is 4.90 Å². The Kier molecular flexibility index (Phi) is 7.77. The Labute approximate surface area is 227 Å². The Hall–Kier alpha value is -2.17. The zero-order valence-corrected chi connectivity index (χ0v) is 25.0. The fourth-order valence-electron chi connectivity index (χ4n) is 6.02. The molecule has 0 aliphatic carbocycles. The zero-order valence-electron chi connectivity index (χ0n) is 24.0. The number of hydrogen-bond donors (Lipinski definition) is 0. The molecule has 2 bridgehead atoms. The van der Waals surface area contributed by atoms with Crippen molar-refractivity contribution in [1.29, 1.82) is 0 Å². The Morgan fingerprint density at radius 1 is 1.08 bits per heavy atom. The third kappa shape index (κ3) is 6.02. The van der Waals surface area contributed by atoms with Crippen LogP contribution in [0.3, 0.4) is 0 Å². The van der Waals surface area contributed by atoms with E-state index in [9.17, 15) is 4.79 Å². The monoisotopic (exact) mass is 543 g/mol. The molecule has 210 valence electrons. The molecule has 3 fully saturated rings. The van der Waals surface area contributed by atoms with Crippen molar-refractivity contribution in [1.82, 2.24) is 19.4 Å². The first-order valence-corrected chi connectivity index (χ1v) is 18.0. The average molecular weight is 544 g/mol. The van der Waals surface area contributed by atoms with Crippen LogP contribution in [0, 0.1) is 0 Å². The Balaban J connectivity index is 1.42. The van der Waals surface area contributed by atoms with Crippen molar-refractivity contribution in [2.24, 2.45) is 0 Å². The molecule has 0 aromatic carbocycles. The molecule has 3 aliphatic heterocycles. The molecule has 3 aliphatic rings. The van der Waals surface area contributed by atoms with E-state index >= 15 is 0 Å². The van der Waals surface area contributed by atoms with Gasteiger partial charge in [-0.1, -0.05) is 19.6 Å². The summed E-state index contributed by atoms with van der Waals surface area (Å²) in [5, 5.41) is 1.14. The third-order valence-electron chi connectivity index (χ3n) is 7.94. The highest BCUT2D eigenvalue weighted by molar-refractivity contribution is 6.76. The summed E-state index contributed by atoms with van der Waals surface area (Å²) in [7, 11) is -1.15. The number of aromatic nitrogens is 3. The van der Waals surface area contributed by atoms with Gasteiger partial charge in [0.1, 0.15) is 30.1 Å². The summed E-state index contributed by atoms with van der Waals surface area (Å²) in [4.78, 5) is 27.0. The maximum Gasteiger partial charge on any atom is 0.410 e. The molecular formula is C28H45N5O4Si. The van der Waals surface area contributed by atoms with Crippen molar-refractivity contribution in [3.8, 4) is 0 Å². The normalized spacial score (nSPS) is 22.9. The number of piperazine rings is 1. The van der Waals surface area contributed by atoms with Gasteiger partial charge in [-0.15, -0.1) is 0 Å². The molecule has 0 N–H and O–H groups in total. The predicted molar refractivity (Wildman–Crippen MR) is 152 cm³/mol. The maximum atomic E-state index is 13.0. The van der Waals surface area contributed by atoms with Crippen molar-refractivity contribution < 1.29 is 19.0 Å². The molecule has 2 atom stereocenters. The van der Waals surface area contributed by atoms with Gasteiger partial charge in [0.25, 0.3) is 0 Å². The summed E-state index contributed by atoms with van der Waals surface area (Å²) in [6.07, 6.45) is 7.73. The molecule has 1 amide bonds. The quantitative estimate of drug-likeness (QED) is 0.350. The second-order valence-electron chi connectivity index (χ2n) is 13.4. The van der Waals surface area contributed by atoms with Crippen LogP contribution >= 0.6 is 0 Å². The molecular weight excluding hydrogens is 498 g/mol. The molecule has 0 radical (unpaired) electrons. The van der Waals surface area contributed by atoms with Gasteiger partial charge in [-0.25, -0.2) is 14.8 Å². The molecule has 38 heavy (non-hydrogen) atoms. The summed E-state index contributed by atoms with van der Waals surface area (Å²) >= 11 is 0. The van der Waals surface area contributed by atoms with Gasteiger partial charge in [0.2, 0.25) is 0 Å². The number of hydrogen-bond acceptors (Lipinski definition) is 7. The van der Waals surface area contributed by atoms with E-state index in [1.54, 1.807) is 6.33 Å². The first kappa shape index (κ1) is 27.4. The Bertz CT molecular complexity index is 1120. The van der Waals surface area contributed by atoms with Crippen LogP contribution in [0.15, 0.2) is 12.5 Å². The van der Waals surface area contributed by atoms with Gasteiger partial charge in [-0.05, 0) is 64.0 Å². The van der Waals surface area contributed by atoms with Gasteiger partial charge >= 0.3 is 6.09 Å². The van der Waals surface area contributed by atoms with E-state index in [1.165, 1.54) is 5.56 Å².